The molecule has 0 saturated carbocycles. The summed E-state index contributed by atoms with van der Waals surface area (Å²) in [6.45, 7) is 0. The van der Waals surface area contributed by atoms with Gasteiger partial charge in [0.2, 0.25) is 5.28 Å². The van der Waals surface area contributed by atoms with Crippen molar-refractivity contribution in [3.8, 4) is 11.5 Å². The molecule has 110 valence electrons. The van der Waals surface area contributed by atoms with E-state index in [0.29, 0.717) is 11.5 Å². The second kappa shape index (κ2) is 6.60. The van der Waals surface area contributed by atoms with Crippen LogP contribution < -0.4 is 14.8 Å². The third-order valence-corrected chi connectivity index (χ3v) is 2.93. The van der Waals surface area contributed by atoms with E-state index in [1.807, 2.05) is 0 Å². The normalized spacial score (nSPS) is 10.1. The first-order valence-electron chi connectivity index (χ1n) is 5.77. The molecule has 6 nitrogen and oxygen atoms in total. The lowest BCUT2D eigenvalue weighted by Crippen LogP contribution is -2.15. The summed E-state index contributed by atoms with van der Waals surface area (Å²) in [4.78, 5) is 19.9. The van der Waals surface area contributed by atoms with Crippen molar-refractivity contribution in [1.29, 1.82) is 0 Å². The number of nitrogens with one attached hydrogen (secondary N) is 1. The Hall–Kier alpha value is -2.05. The molecule has 1 amide bonds. The highest BCUT2D eigenvalue weighted by atomic mass is 35.5. The predicted molar refractivity (Wildman–Crippen MR) is 79.6 cm³/mol. The van der Waals surface area contributed by atoms with E-state index in [0.717, 1.165) is 0 Å². The highest BCUT2D eigenvalue weighted by Gasteiger charge is 2.19. The molecule has 1 aromatic carbocycles. The van der Waals surface area contributed by atoms with Crippen LogP contribution in [-0.2, 0) is 0 Å². The molecular formula is C13H11Cl2N3O3. The van der Waals surface area contributed by atoms with E-state index in [1.54, 1.807) is 18.2 Å². The number of hydrogen-bond donors (Lipinski definition) is 1. The van der Waals surface area contributed by atoms with Crippen molar-refractivity contribution in [2.75, 3.05) is 19.5 Å². The molecule has 0 bridgehead atoms. The fourth-order valence-electron chi connectivity index (χ4n) is 1.71. The third-order valence-electron chi connectivity index (χ3n) is 2.56. The van der Waals surface area contributed by atoms with Crippen molar-refractivity contribution >= 4 is 34.9 Å². The van der Waals surface area contributed by atoms with Crippen LogP contribution in [0.4, 0.5) is 5.82 Å². The Morgan fingerprint density at radius 2 is 1.76 bits per heavy atom. The van der Waals surface area contributed by atoms with Crippen molar-refractivity contribution in [2.45, 2.75) is 0 Å². The summed E-state index contributed by atoms with van der Waals surface area (Å²) < 4.78 is 10.3. The van der Waals surface area contributed by atoms with Crippen molar-refractivity contribution < 1.29 is 14.3 Å². The van der Waals surface area contributed by atoms with Gasteiger partial charge in [0, 0.05) is 6.07 Å². The van der Waals surface area contributed by atoms with Crippen LogP contribution in [0.3, 0.4) is 0 Å². The second-order valence-corrected chi connectivity index (χ2v) is 4.56. The lowest BCUT2D eigenvalue weighted by molar-refractivity contribution is 0.102. The number of aromatic nitrogens is 2. The van der Waals surface area contributed by atoms with Gasteiger partial charge in [0.05, 0.1) is 14.2 Å². The molecule has 8 heteroatoms. The van der Waals surface area contributed by atoms with Gasteiger partial charge in [-0.3, -0.25) is 4.79 Å². The fourth-order valence-corrected chi connectivity index (χ4v) is 2.12. The smallest absolute Gasteiger partial charge is 0.264 e. The average molecular weight is 328 g/mol. The Balaban J connectivity index is 2.36. The van der Waals surface area contributed by atoms with Gasteiger partial charge >= 0.3 is 0 Å². The van der Waals surface area contributed by atoms with Gasteiger partial charge in [-0.05, 0) is 23.7 Å². The number of methoxy groups -OCH3 is 2. The maximum atomic E-state index is 12.4. The Morgan fingerprint density at radius 1 is 1.14 bits per heavy atom. The van der Waals surface area contributed by atoms with Gasteiger partial charge in [-0.2, -0.15) is 0 Å². The van der Waals surface area contributed by atoms with Crippen LogP contribution in [0.25, 0.3) is 0 Å². The molecular weight excluding hydrogens is 317 g/mol. The molecule has 1 N–H and O–H groups in total. The predicted octanol–water partition coefficient (Wildman–Crippen LogP) is 3.05. The van der Waals surface area contributed by atoms with Crippen LogP contribution in [0.1, 0.15) is 10.4 Å². The molecule has 0 aliphatic carbocycles. The van der Waals surface area contributed by atoms with Gasteiger partial charge in [-0.25, -0.2) is 9.97 Å². The Bertz CT molecular complexity index is 637. The van der Waals surface area contributed by atoms with Crippen LogP contribution in [0, 0.1) is 0 Å². The first kappa shape index (κ1) is 15.3. The number of ether oxygens (including phenoxy) is 2. The fraction of sp³-hybridized carbons (Fsp3) is 0.154. The largest absolute Gasteiger partial charge is 0.496 e. The van der Waals surface area contributed by atoms with Crippen molar-refractivity contribution in [3.63, 3.8) is 0 Å². The van der Waals surface area contributed by atoms with Gasteiger partial charge in [0.1, 0.15) is 28.0 Å². The Labute approximate surface area is 131 Å². The summed E-state index contributed by atoms with van der Waals surface area (Å²) in [7, 11) is 2.92. The molecule has 1 aromatic heterocycles. The topological polar surface area (TPSA) is 73.3 Å². The molecule has 1 heterocycles. The zero-order valence-electron chi connectivity index (χ0n) is 11.2. The first-order valence-corrected chi connectivity index (χ1v) is 6.53. The van der Waals surface area contributed by atoms with E-state index in [4.69, 9.17) is 32.7 Å². The quantitative estimate of drug-likeness (QED) is 0.690. The summed E-state index contributed by atoms with van der Waals surface area (Å²) in [6.07, 6.45) is 0. The number of halogens is 2. The number of amides is 1. The highest BCUT2D eigenvalue weighted by molar-refractivity contribution is 6.32. The molecule has 0 spiro atoms. The van der Waals surface area contributed by atoms with E-state index in [1.165, 1.54) is 20.3 Å². The summed E-state index contributed by atoms with van der Waals surface area (Å²) in [5.41, 5.74) is 0.244. The SMILES string of the molecule is COc1cccc(OC)c1C(=O)Nc1cc(Cl)nc(Cl)n1. The molecule has 0 aliphatic rings. The number of nitrogens with zero attached hydrogens (tertiary/aromatic N) is 2. The van der Waals surface area contributed by atoms with Crippen LogP contribution in [0.5, 0.6) is 11.5 Å². The molecule has 0 unspecified atom stereocenters. The monoisotopic (exact) mass is 327 g/mol. The number of carbonyl (C=O) groups excluding carboxylic acids is 1. The van der Waals surface area contributed by atoms with E-state index in [2.05, 4.69) is 15.3 Å². The van der Waals surface area contributed by atoms with E-state index >= 15 is 0 Å². The zero-order valence-corrected chi connectivity index (χ0v) is 12.7. The van der Waals surface area contributed by atoms with Gasteiger partial charge in [-0.15, -0.1) is 0 Å². The summed E-state index contributed by atoms with van der Waals surface area (Å²) >= 11 is 11.4. The van der Waals surface area contributed by atoms with E-state index < -0.39 is 5.91 Å². The van der Waals surface area contributed by atoms with Crippen LogP contribution in [0.2, 0.25) is 10.4 Å². The van der Waals surface area contributed by atoms with Gasteiger partial charge in [0.25, 0.3) is 5.91 Å². The minimum Gasteiger partial charge on any atom is -0.496 e. The Morgan fingerprint density at radius 3 is 2.29 bits per heavy atom. The number of anilines is 1. The van der Waals surface area contributed by atoms with Crippen molar-refractivity contribution in [3.05, 3.63) is 40.3 Å². The summed E-state index contributed by atoms with van der Waals surface area (Å²) in [5, 5.41) is 2.63. The number of benzene rings is 1. The van der Waals surface area contributed by atoms with Gasteiger partial charge < -0.3 is 14.8 Å². The van der Waals surface area contributed by atoms with Crippen LogP contribution in [0.15, 0.2) is 24.3 Å². The first-order chi connectivity index (χ1) is 10.0. The minimum absolute atomic E-state index is 0.0650. The van der Waals surface area contributed by atoms with Crippen LogP contribution >= 0.6 is 23.2 Å². The number of hydrogen-bond acceptors (Lipinski definition) is 5. The second-order valence-electron chi connectivity index (χ2n) is 3.84. The number of carbonyl (C=O) groups is 1. The summed E-state index contributed by atoms with van der Waals surface area (Å²) in [5.74, 6) is 0.462. The summed E-state index contributed by atoms with van der Waals surface area (Å²) in [6, 6.07) is 6.40. The molecule has 0 radical (unpaired) electrons. The lowest BCUT2D eigenvalue weighted by Gasteiger charge is -2.12. The molecule has 0 atom stereocenters. The molecule has 0 fully saturated rings. The molecule has 2 rings (SSSR count). The number of rotatable bonds is 4. The highest BCUT2D eigenvalue weighted by Crippen LogP contribution is 2.29. The maximum absolute atomic E-state index is 12.4. The Kier molecular flexibility index (Phi) is 4.82. The maximum Gasteiger partial charge on any atom is 0.264 e. The third kappa shape index (κ3) is 3.53. The standard InChI is InChI=1S/C13H11Cl2N3O3/c1-20-7-4-3-5-8(21-2)11(7)12(19)17-10-6-9(14)16-13(15)18-10/h3-6H,1-2H3,(H,16,17,18,19). The molecule has 2 aromatic rings. The van der Waals surface area contributed by atoms with Crippen molar-refractivity contribution in [2.24, 2.45) is 0 Å². The van der Waals surface area contributed by atoms with Crippen LogP contribution in [-0.4, -0.2) is 30.1 Å². The van der Waals surface area contributed by atoms with Crippen molar-refractivity contribution in [1.82, 2.24) is 9.97 Å². The van der Waals surface area contributed by atoms with Gasteiger partial charge in [0.15, 0.2) is 0 Å². The van der Waals surface area contributed by atoms with E-state index in [9.17, 15) is 4.79 Å². The van der Waals surface area contributed by atoms with Gasteiger partial charge in [-0.1, -0.05) is 17.7 Å². The molecule has 0 aliphatic heterocycles. The zero-order chi connectivity index (χ0) is 15.4. The average Bonchev–Trinajstić information content (AvgIpc) is 2.45. The van der Waals surface area contributed by atoms with E-state index in [-0.39, 0.29) is 21.8 Å². The minimum atomic E-state index is -0.463. The lowest BCUT2D eigenvalue weighted by atomic mass is 10.1. The molecule has 0 saturated heterocycles. The molecule has 21 heavy (non-hydrogen) atoms.